The lowest BCUT2D eigenvalue weighted by atomic mass is 9.90. The van der Waals surface area contributed by atoms with E-state index in [9.17, 15) is 4.39 Å². The zero-order valence-electron chi connectivity index (χ0n) is 16.3. The van der Waals surface area contributed by atoms with E-state index in [-0.39, 0.29) is 11.1 Å². The first-order valence-electron chi connectivity index (χ1n) is 9.80. The summed E-state index contributed by atoms with van der Waals surface area (Å²) in [5.74, 6) is 1.24. The van der Waals surface area contributed by atoms with Crippen molar-refractivity contribution in [1.82, 2.24) is 15.0 Å². The molecular weight excluding hydrogens is 389 g/mol. The van der Waals surface area contributed by atoms with Crippen LogP contribution in [0.15, 0.2) is 48.5 Å². The lowest BCUT2D eigenvalue weighted by Crippen LogP contribution is -2.35. The Hall–Kier alpha value is -2.73. The molecule has 1 aliphatic rings. The van der Waals surface area contributed by atoms with Crippen molar-refractivity contribution in [1.29, 1.82) is 0 Å². The Morgan fingerprint density at radius 1 is 1.07 bits per heavy atom. The van der Waals surface area contributed by atoms with E-state index in [1.54, 1.807) is 19.1 Å². The van der Waals surface area contributed by atoms with Crippen LogP contribution in [0.3, 0.4) is 0 Å². The Kier molecular flexibility index (Phi) is 5.90. The predicted molar refractivity (Wildman–Crippen MR) is 114 cm³/mol. The number of nitrogens with zero attached hydrogens (tertiary/aromatic N) is 4. The number of hydrogen-bond donors (Lipinski definition) is 1. The molecule has 2 heterocycles. The Morgan fingerprint density at radius 2 is 1.83 bits per heavy atom. The Morgan fingerprint density at radius 3 is 2.55 bits per heavy atom. The van der Waals surface area contributed by atoms with Crippen LogP contribution in [0.25, 0.3) is 0 Å². The first kappa shape index (κ1) is 19.6. The van der Waals surface area contributed by atoms with Crippen LogP contribution in [0, 0.1) is 18.7 Å². The normalized spacial score (nSPS) is 14.8. The van der Waals surface area contributed by atoms with Gasteiger partial charge >= 0.3 is 0 Å². The van der Waals surface area contributed by atoms with E-state index >= 15 is 0 Å². The molecule has 5 nitrogen and oxygen atoms in total. The van der Waals surface area contributed by atoms with Crippen LogP contribution in [0.4, 0.5) is 22.0 Å². The molecule has 0 amide bonds. The van der Waals surface area contributed by atoms with Gasteiger partial charge in [0, 0.05) is 18.8 Å². The number of piperidine rings is 1. The molecule has 3 aromatic rings. The van der Waals surface area contributed by atoms with Gasteiger partial charge in [-0.25, -0.2) is 4.39 Å². The Balaban J connectivity index is 1.42. The van der Waals surface area contributed by atoms with Crippen molar-refractivity contribution in [2.75, 3.05) is 23.3 Å². The van der Waals surface area contributed by atoms with Crippen LogP contribution < -0.4 is 10.2 Å². The van der Waals surface area contributed by atoms with Crippen molar-refractivity contribution in [3.63, 3.8) is 0 Å². The molecular formula is C22H23ClFN5. The van der Waals surface area contributed by atoms with Crippen LogP contribution in [0.5, 0.6) is 0 Å². The maximum Gasteiger partial charge on any atom is 0.233 e. The van der Waals surface area contributed by atoms with E-state index in [1.807, 2.05) is 6.07 Å². The van der Waals surface area contributed by atoms with Crippen molar-refractivity contribution in [3.05, 3.63) is 70.8 Å². The molecule has 0 aliphatic carbocycles. The first-order chi connectivity index (χ1) is 14.1. The number of hydrogen-bond acceptors (Lipinski definition) is 5. The highest BCUT2D eigenvalue weighted by Gasteiger charge is 2.22. The minimum absolute atomic E-state index is 0.122. The largest absolute Gasteiger partial charge is 0.341 e. The van der Waals surface area contributed by atoms with E-state index < -0.39 is 0 Å². The summed E-state index contributed by atoms with van der Waals surface area (Å²) >= 11 is 6.12. The third-order valence-electron chi connectivity index (χ3n) is 5.29. The molecule has 0 radical (unpaired) electrons. The smallest absolute Gasteiger partial charge is 0.233 e. The fourth-order valence-corrected chi connectivity index (χ4v) is 3.78. The average molecular weight is 412 g/mol. The van der Waals surface area contributed by atoms with Gasteiger partial charge in [0.25, 0.3) is 0 Å². The van der Waals surface area contributed by atoms with Crippen molar-refractivity contribution in [2.24, 2.45) is 5.92 Å². The van der Waals surface area contributed by atoms with Crippen molar-refractivity contribution in [3.8, 4) is 0 Å². The van der Waals surface area contributed by atoms with Gasteiger partial charge in [0.2, 0.25) is 17.2 Å². The second kappa shape index (κ2) is 8.74. The molecule has 0 atom stereocenters. The fourth-order valence-electron chi connectivity index (χ4n) is 3.62. The summed E-state index contributed by atoms with van der Waals surface area (Å²) in [5.41, 5.74) is 2.54. The fraction of sp³-hybridized carbons (Fsp3) is 0.318. The van der Waals surface area contributed by atoms with Gasteiger partial charge in [-0.2, -0.15) is 15.0 Å². The molecule has 1 aliphatic heterocycles. The van der Waals surface area contributed by atoms with Crippen LogP contribution in [-0.2, 0) is 6.42 Å². The topological polar surface area (TPSA) is 53.9 Å². The molecule has 150 valence electrons. The third kappa shape index (κ3) is 5.01. The molecule has 0 saturated carbocycles. The maximum atomic E-state index is 13.8. The van der Waals surface area contributed by atoms with Crippen LogP contribution >= 0.6 is 11.6 Å². The highest BCUT2D eigenvalue weighted by atomic mass is 35.5. The second-order valence-electron chi connectivity index (χ2n) is 7.44. The highest BCUT2D eigenvalue weighted by Crippen LogP contribution is 2.26. The summed E-state index contributed by atoms with van der Waals surface area (Å²) in [6.45, 7) is 3.46. The van der Waals surface area contributed by atoms with Gasteiger partial charge in [-0.1, -0.05) is 36.4 Å². The van der Waals surface area contributed by atoms with Gasteiger partial charge in [0.15, 0.2) is 0 Å². The van der Waals surface area contributed by atoms with Crippen LogP contribution in [0.1, 0.15) is 24.0 Å². The number of rotatable bonds is 5. The molecule has 29 heavy (non-hydrogen) atoms. The van der Waals surface area contributed by atoms with Crippen LogP contribution in [-0.4, -0.2) is 28.0 Å². The van der Waals surface area contributed by atoms with E-state index in [1.165, 1.54) is 11.6 Å². The zero-order valence-corrected chi connectivity index (χ0v) is 17.0. The number of nitrogens with one attached hydrogen (secondary N) is 1. The molecule has 1 fully saturated rings. The standard InChI is InChI=1S/C22H23ClFN5/c1-15-7-8-18(14-19(15)24)25-21-26-20(23)27-22(28-21)29-11-9-17(10-12-29)13-16-5-3-2-4-6-16/h2-8,14,17H,9-13H2,1H3,(H,25,26,27,28). The van der Waals surface area contributed by atoms with Gasteiger partial charge in [-0.05, 0) is 67.0 Å². The zero-order chi connectivity index (χ0) is 20.2. The molecule has 4 rings (SSSR count). The number of aromatic nitrogens is 3. The molecule has 1 N–H and O–H groups in total. The summed E-state index contributed by atoms with van der Waals surface area (Å²) in [6.07, 6.45) is 3.24. The van der Waals surface area contributed by atoms with E-state index in [4.69, 9.17) is 11.6 Å². The predicted octanol–water partition coefficient (Wildman–Crippen LogP) is 5.18. The molecule has 1 aromatic heterocycles. The highest BCUT2D eigenvalue weighted by molar-refractivity contribution is 6.28. The third-order valence-corrected chi connectivity index (χ3v) is 5.46. The van der Waals surface area contributed by atoms with E-state index in [0.29, 0.717) is 29.1 Å². The van der Waals surface area contributed by atoms with Gasteiger partial charge in [-0.15, -0.1) is 0 Å². The maximum absolute atomic E-state index is 13.8. The van der Waals surface area contributed by atoms with Crippen molar-refractivity contribution >= 4 is 29.2 Å². The lowest BCUT2D eigenvalue weighted by Gasteiger charge is -2.32. The van der Waals surface area contributed by atoms with Gasteiger partial charge in [-0.3, -0.25) is 0 Å². The van der Waals surface area contributed by atoms with E-state index in [0.717, 1.165) is 32.4 Å². The van der Waals surface area contributed by atoms with Crippen molar-refractivity contribution < 1.29 is 4.39 Å². The minimum atomic E-state index is -0.282. The summed E-state index contributed by atoms with van der Waals surface area (Å²) in [4.78, 5) is 15.1. The summed E-state index contributed by atoms with van der Waals surface area (Å²) in [6, 6.07) is 15.5. The van der Waals surface area contributed by atoms with Gasteiger partial charge in [0.1, 0.15) is 5.82 Å². The molecule has 0 bridgehead atoms. The quantitative estimate of drug-likeness (QED) is 0.627. The monoisotopic (exact) mass is 411 g/mol. The summed E-state index contributed by atoms with van der Waals surface area (Å²) in [5, 5.41) is 3.14. The Labute approximate surface area is 175 Å². The van der Waals surface area contributed by atoms with Gasteiger partial charge < -0.3 is 10.2 Å². The molecule has 2 aromatic carbocycles. The number of aryl methyl sites for hydroxylation is 1. The summed E-state index contributed by atoms with van der Waals surface area (Å²) in [7, 11) is 0. The average Bonchev–Trinajstić information content (AvgIpc) is 2.72. The van der Waals surface area contributed by atoms with E-state index in [2.05, 4.69) is 49.4 Å². The first-order valence-corrected chi connectivity index (χ1v) is 10.2. The van der Waals surface area contributed by atoms with Crippen LogP contribution in [0.2, 0.25) is 5.28 Å². The number of halogens is 2. The van der Waals surface area contributed by atoms with Crippen molar-refractivity contribution in [2.45, 2.75) is 26.2 Å². The molecule has 0 spiro atoms. The van der Waals surface area contributed by atoms with Gasteiger partial charge in [0.05, 0.1) is 0 Å². The second-order valence-corrected chi connectivity index (χ2v) is 7.78. The number of anilines is 3. The molecule has 1 saturated heterocycles. The Bertz CT molecular complexity index is 974. The minimum Gasteiger partial charge on any atom is -0.341 e. The summed E-state index contributed by atoms with van der Waals surface area (Å²) < 4.78 is 13.8. The molecule has 0 unspecified atom stereocenters. The lowest BCUT2D eigenvalue weighted by molar-refractivity contribution is 0.400. The number of benzene rings is 2. The SMILES string of the molecule is Cc1ccc(Nc2nc(Cl)nc(N3CCC(Cc4ccccc4)CC3)n2)cc1F. The molecule has 7 heteroatoms.